The normalized spacial score (nSPS) is 14.8. The van der Waals surface area contributed by atoms with Gasteiger partial charge in [-0.25, -0.2) is 4.79 Å². The molecule has 0 aromatic carbocycles. The first-order valence-corrected chi connectivity index (χ1v) is 10.4. The van der Waals surface area contributed by atoms with Crippen molar-refractivity contribution in [3.63, 3.8) is 0 Å². The lowest BCUT2D eigenvalue weighted by Crippen LogP contribution is -2.58. The molecule has 14 heteroatoms. The van der Waals surface area contributed by atoms with Gasteiger partial charge in [0, 0.05) is 5.75 Å². The van der Waals surface area contributed by atoms with Crippen LogP contribution in [-0.2, 0) is 24.0 Å². The maximum absolute atomic E-state index is 12.5. The Balaban J connectivity index is 5.15. The number of nitrogens with two attached hydrogens (primary N) is 1. The summed E-state index contributed by atoms with van der Waals surface area (Å²) in [5, 5.41) is 33.6. The fraction of sp³-hybridized carbons (Fsp3) is 0.667. The van der Waals surface area contributed by atoms with Crippen molar-refractivity contribution in [2.75, 3.05) is 24.4 Å². The van der Waals surface area contributed by atoms with E-state index in [1.54, 1.807) is 6.26 Å². The molecular formula is C15H26N4O8S2. The molecule has 0 aliphatic rings. The molecule has 12 nitrogen and oxygen atoms in total. The van der Waals surface area contributed by atoms with Crippen molar-refractivity contribution < 1.29 is 39.3 Å². The molecule has 0 aliphatic heterocycles. The van der Waals surface area contributed by atoms with Crippen molar-refractivity contribution in [1.29, 1.82) is 0 Å². The van der Waals surface area contributed by atoms with Gasteiger partial charge in [0.1, 0.15) is 18.1 Å². The average Bonchev–Trinajstić information content (AvgIpc) is 2.66. The fourth-order valence-corrected chi connectivity index (χ4v) is 2.62. The first-order chi connectivity index (χ1) is 13.6. The molecule has 0 bridgehead atoms. The second-order valence-corrected chi connectivity index (χ2v) is 7.22. The number of nitrogens with one attached hydrogen (secondary N) is 3. The third-order valence-corrected chi connectivity index (χ3v) is 4.62. The van der Waals surface area contributed by atoms with Crippen LogP contribution in [-0.4, -0.2) is 93.5 Å². The summed E-state index contributed by atoms with van der Waals surface area (Å²) in [6.07, 6.45) is 1.10. The molecule has 0 aromatic heterocycles. The minimum absolute atomic E-state index is 0.0462. The van der Waals surface area contributed by atoms with Crippen LogP contribution in [0.1, 0.15) is 12.8 Å². The smallest absolute Gasteiger partial charge is 0.326 e. The van der Waals surface area contributed by atoms with Gasteiger partial charge in [-0.05, 0) is 18.4 Å². The number of amides is 3. The van der Waals surface area contributed by atoms with Crippen molar-refractivity contribution in [3.05, 3.63) is 0 Å². The Bertz CT molecular complexity index is 607. The van der Waals surface area contributed by atoms with Crippen LogP contribution >= 0.6 is 24.4 Å². The summed E-state index contributed by atoms with van der Waals surface area (Å²) in [5.74, 6) is -5.01. The SMILES string of the molecule is CSCCC(NC(=O)C(N)CS)C(=O)NC(CO)C(=O)NC(CC(=O)O)C(=O)O. The highest BCUT2D eigenvalue weighted by Crippen LogP contribution is 2.03. The minimum Gasteiger partial charge on any atom is -0.481 e. The lowest BCUT2D eigenvalue weighted by molar-refractivity contribution is -0.147. The molecule has 3 amide bonds. The molecular weight excluding hydrogens is 428 g/mol. The Kier molecular flexibility index (Phi) is 13.0. The predicted octanol–water partition coefficient (Wildman–Crippen LogP) is -3.00. The summed E-state index contributed by atoms with van der Waals surface area (Å²) in [6.45, 7) is -0.879. The highest BCUT2D eigenvalue weighted by Gasteiger charge is 2.30. The number of hydrogen-bond donors (Lipinski definition) is 8. The molecule has 0 rings (SSSR count). The van der Waals surface area contributed by atoms with Crippen LogP contribution < -0.4 is 21.7 Å². The number of aliphatic hydroxyl groups is 1. The van der Waals surface area contributed by atoms with E-state index < -0.39 is 66.9 Å². The standard InChI is InChI=1S/C15H26N4O8S2/c1-29-3-2-8(17-12(23)7(16)6-28)13(24)19-10(5-20)14(25)18-9(15(26)27)4-11(21)22/h7-10,20,28H,2-6,16H2,1H3,(H,17,23)(H,18,25)(H,19,24)(H,21,22)(H,26,27). The molecule has 8 N–H and O–H groups in total. The van der Waals surface area contributed by atoms with E-state index in [1.165, 1.54) is 11.8 Å². The molecule has 4 unspecified atom stereocenters. The van der Waals surface area contributed by atoms with Crippen molar-refractivity contribution in [2.24, 2.45) is 5.73 Å². The van der Waals surface area contributed by atoms with Crippen molar-refractivity contribution in [3.8, 4) is 0 Å². The van der Waals surface area contributed by atoms with Gasteiger partial charge in [0.15, 0.2) is 0 Å². The first-order valence-electron chi connectivity index (χ1n) is 8.39. The number of carboxylic acids is 2. The number of thiol groups is 1. The average molecular weight is 455 g/mol. The summed E-state index contributed by atoms with van der Waals surface area (Å²) >= 11 is 5.31. The van der Waals surface area contributed by atoms with Gasteiger partial charge < -0.3 is 37.0 Å². The van der Waals surface area contributed by atoms with Gasteiger partial charge in [0.05, 0.1) is 19.1 Å². The maximum atomic E-state index is 12.5. The Morgan fingerprint density at radius 2 is 1.48 bits per heavy atom. The molecule has 0 saturated carbocycles. The van der Waals surface area contributed by atoms with Crippen LogP contribution in [0.25, 0.3) is 0 Å². The molecule has 0 spiro atoms. The highest BCUT2D eigenvalue weighted by molar-refractivity contribution is 7.98. The minimum atomic E-state index is -1.74. The van der Waals surface area contributed by atoms with E-state index >= 15 is 0 Å². The van der Waals surface area contributed by atoms with Gasteiger partial charge in [0.2, 0.25) is 17.7 Å². The highest BCUT2D eigenvalue weighted by atomic mass is 32.2. The molecule has 0 radical (unpaired) electrons. The molecule has 29 heavy (non-hydrogen) atoms. The summed E-state index contributed by atoms with van der Waals surface area (Å²) < 4.78 is 0. The van der Waals surface area contributed by atoms with Crippen LogP contribution in [0.15, 0.2) is 0 Å². The Labute approximate surface area is 176 Å². The van der Waals surface area contributed by atoms with Crippen molar-refractivity contribution in [1.82, 2.24) is 16.0 Å². The second kappa shape index (κ2) is 14.0. The molecule has 0 saturated heterocycles. The number of carboxylic acid groups (broad SMARTS) is 2. The number of thioether (sulfide) groups is 1. The zero-order valence-corrected chi connectivity index (χ0v) is 17.4. The van der Waals surface area contributed by atoms with E-state index in [4.69, 9.17) is 15.9 Å². The second-order valence-electron chi connectivity index (χ2n) is 5.87. The fourth-order valence-electron chi connectivity index (χ4n) is 1.98. The lowest BCUT2D eigenvalue weighted by atomic mass is 10.1. The number of hydrogen-bond acceptors (Lipinski definition) is 9. The van der Waals surface area contributed by atoms with E-state index in [-0.39, 0.29) is 12.2 Å². The lowest BCUT2D eigenvalue weighted by Gasteiger charge is -2.23. The molecule has 0 fully saturated rings. The summed E-state index contributed by atoms with van der Waals surface area (Å²) in [5.41, 5.74) is 5.56. The quantitative estimate of drug-likeness (QED) is 0.125. The molecule has 0 aliphatic carbocycles. The van der Waals surface area contributed by atoms with Crippen LogP contribution in [0, 0.1) is 0 Å². The number of rotatable bonds is 14. The molecule has 0 aromatic rings. The number of carbonyl (C=O) groups excluding carboxylic acids is 3. The molecule has 166 valence electrons. The Morgan fingerprint density at radius 1 is 0.966 bits per heavy atom. The first kappa shape index (κ1) is 27.0. The molecule has 0 heterocycles. The monoisotopic (exact) mass is 454 g/mol. The number of aliphatic carboxylic acids is 2. The van der Waals surface area contributed by atoms with E-state index in [2.05, 4.69) is 23.3 Å². The number of carbonyl (C=O) groups is 5. The third-order valence-electron chi connectivity index (χ3n) is 3.59. The predicted molar refractivity (Wildman–Crippen MR) is 108 cm³/mol. The number of aliphatic hydroxyl groups excluding tert-OH is 1. The third kappa shape index (κ3) is 10.3. The maximum Gasteiger partial charge on any atom is 0.326 e. The van der Waals surface area contributed by atoms with E-state index in [0.29, 0.717) is 5.75 Å². The van der Waals surface area contributed by atoms with Crippen molar-refractivity contribution in [2.45, 2.75) is 37.0 Å². The van der Waals surface area contributed by atoms with E-state index in [1.807, 2.05) is 5.32 Å². The van der Waals surface area contributed by atoms with Gasteiger partial charge in [-0.15, -0.1) is 0 Å². The Morgan fingerprint density at radius 3 is 1.93 bits per heavy atom. The largest absolute Gasteiger partial charge is 0.481 e. The van der Waals surface area contributed by atoms with Crippen LogP contribution in [0.2, 0.25) is 0 Å². The van der Waals surface area contributed by atoms with Gasteiger partial charge >= 0.3 is 11.9 Å². The van der Waals surface area contributed by atoms with Crippen LogP contribution in [0.4, 0.5) is 0 Å². The molecule has 4 atom stereocenters. The summed E-state index contributed by atoms with van der Waals surface area (Å²) in [7, 11) is 0. The van der Waals surface area contributed by atoms with Gasteiger partial charge in [-0.1, -0.05) is 0 Å². The summed E-state index contributed by atoms with van der Waals surface area (Å²) in [4.78, 5) is 58.3. The van der Waals surface area contributed by atoms with Crippen molar-refractivity contribution >= 4 is 54.1 Å². The van der Waals surface area contributed by atoms with Gasteiger partial charge in [-0.2, -0.15) is 24.4 Å². The van der Waals surface area contributed by atoms with E-state index in [9.17, 15) is 29.1 Å². The zero-order chi connectivity index (χ0) is 22.6. The van der Waals surface area contributed by atoms with Crippen LogP contribution in [0.3, 0.4) is 0 Å². The van der Waals surface area contributed by atoms with Crippen LogP contribution in [0.5, 0.6) is 0 Å². The van der Waals surface area contributed by atoms with Gasteiger partial charge in [-0.3, -0.25) is 19.2 Å². The topological polar surface area (TPSA) is 208 Å². The summed E-state index contributed by atoms with van der Waals surface area (Å²) in [6, 6.07) is -5.30. The zero-order valence-electron chi connectivity index (χ0n) is 15.7. The van der Waals surface area contributed by atoms with Gasteiger partial charge in [0.25, 0.3) is 0 Å². The van der Waals surface area contributed by atoms with E-state index in [0.717, 1.165) is 0 Å². The Hall–Kier alpha value is -2.03.